The minimum absolute atomic E-state index is 0.201. The van der Waals surface area contributed by atoms with E-state index in [9.17, 15) is 37.2 Å². The Balaban J connectivity index is 0.000000286. The van der Waals surface area contributed by atoms with Gasteiger partial charge in [0.1, 0.15) is 26.4 Å². The summed E-state index contributed by atoms with van der Waals surface area (Å²) in [5.41, 5.74) is 0. The molecule has 0 spiro atoms. The predicted molar refractivity (Wildman–Crippen MR) is 363 cm³/mol. The summed E-state index contributed by atoms with van der Waals surface area (Å²) < 4.78 is 60.7. The molecule has 0 bridgehead atoms. The molecule has 0 atom stereocenters. The van der Waals surface area contributed by atoms with E-state index in [1.54, 1.807) is 83.8 Å². The number of sulfone groups is 1. The SMILES string of the molecule is C=CC(=O)OCCSc1ccc(S(=O)(=O)c2ccc(SCCOC(=O)C=C)cc2)cc1.C=CC(=O)OCCSc1ccc(Sc2ccc(SCCOC(=O)C=C)cc2)cc1.C=CC(=O)OCC[Se]c1ccc([Se]c2ccc([Se]CCOC(=O)C=C)cc2)cc1. The van der Waals surface area contributed by atoms with Crippen LogP contribution in [0.3, 0.4) is 0 Å². The van der Waals surface area contributed by atoms with Crippen molar-refractivity contribution in [3.05, 3.63) is 222 Å². The van der Waals surface area contributed by atoms with Gasteiger partial charge in [0.15, 0.2) is 0 Å². The Kier molecular flexibility index (Phi) is 37.5. The Morgan fingerprint density at radius 1 is 0.326 bits per heavy atom. The monoisotopic (exact) mass is 1510 g/mol. The summed E-state index contributed by atoms with van der Waals surface area (Å²) in [6.45, 7) is 22.3. The second kappa shape index (κ2) is 44.3. The number of ether oxygens (including phenoxy) is 6. The molecule has 0 saturated carbocycles. The Labute approximate surface area is 561 Å². The topological polar surface area (TPSA) is 192 Å². The van der Waals surface area contributed by atoms with Gasteiger partial charge in [-0.15, -0.1) is 47.0 Å². The van der Waals surface area contributed by atoms with Gasteiger partial charge in [0.25, 0.3) is 0 Å². The quantitative estimate of drug-likeness (QED) is 0.00900. The third-order valence-electron chi connectivity index (χ3n) is 10.6. The second-order valence-corrected chi connectivity index (χ2v) is 31.9. The van der Waals surface area contributed by atoms with E-state index in [1.807, 2.05) is 0 Å². The fourth-order valence-electron chi connectivity index (χ4n) is 6.42. The molecule has 0 fully saturated rings. The molecule has 0 unspecified atom stereocenters. The molecule has 0 radical (unpaired) electrons. The van der Waals surface area contributed by atoms with Crippen molar-refractivity contribution in [2.75, 3.05) is 62.7 Å². The van der Waals surface area contributed by atoms with Gasteiger partial charge in [-0.05, 0) is 97.1 Å². The minimum atomic E-state index is -3.63. The van der Waals surface area contributed by atoms with Crippen LogP contribution in [0.15, 0.2) is 261 Å². The number of hydrogen-bond donors (Lipinski definition) is 0. The number of rotatable bonds is 36. The van der Waals surface area contributed by atoms with Crippen LogP contribution >= 0.6 is 58.8 Å². The molecular weight excluding hydrogens is 1450 g/mol. The number of benzene rings is 6. The predicted octanol–water partition coefficient (Wildman–Crippen LogP) is 9.94. The van der Waals surface area contributed by atoms with E-state index in [1.165, 1.54) is 65.7 Å². The van der Waals surface area contributed by atoms with E-state index in [2.05, 4.69) is 137 Å². The molecule has 6 aromatic carbocycles. The van der Waals surface area contributed by atoms with Crippen molar-refractivity contribution in [2.45, 2.75) is 49.8 Å². The first-order chi connectivity index (χ1) is 43.1. The summed E-state index contributed by atoms with van der Waals surface area (Å²) in [6.07, 6.45) is 6.94. The van der Waals surface area contributed by atoms with Crippen molar-refractivity contribution in [1.29, 1.82) is 0 Å². The van der Waals surface area contributed by atoms with Crippen LogP contribution in [0.25, 0.3) is 0 Å². The summed E-state index contributed by atoms with van der Waals surface area (Å²) in [5, 5.41) is 1.74. The van der Waals surface area contributed by atoms with Gasteiger partial charge < -0.3 is 18.9 Å². The Bertz CT molecular complexity index is 3010. The molecule has 0 aromatic heterocycles. The molecule has 0 saturated heterocycles. The number of hydrogen-bond acceptors (Lipinski definition) is 19. The van der Waals surface area contributed by atoms with Gasteiger partial charge in [-0.25, -0.2) is 27.6 Å². The van der Waals surface area contributed by atoms with Gasteiger partial charge in [-0.1, -0.05) is 38.1 Å². The van der Waals surface area contributed by atoms with Crippen molar-refractivity contribution in [1.82, 2.24) is 0 Å². The Hall–Kier alpha value is -6.16. The molecule has 0 N–H and O–H groups in total. The van der Waals surface area contributed by atoms with E-state index in [-0.39, 0.29) is 49.9 Å². The number of carbonyl (C=O) groups excluding carboxylic acids is 6. The van der Waals surface area contributed by atoms with Crippen molar-refractivity contribution in [2.24, 2.45) is 0 Å². The zero-order valence-corrected chi connectivity index (χ0v) is 58.5. The third-order valence-corrected chi connectivity index (χ3v) is 23.5. The molecule has 14 nitrogen and oxygen atoms in total. The standard InChI is InChI=1S/C22H22O6S3.C22H22O4S3.C22H22O4Se3/c1-3-21(23)27-13-15-29-17-5-9-19(10-6-17)31(25,26)20-11-7-18(8-12-20)30-16-14-28-22(24)4-2;2*1-3-21(23)25-13-15-27-17-5-9-19(10-6-17)29-20-11-7-18(8-12-20)28-16-14-26-22(24)4-2/h3-12H,1-2,13-16H2;2*3-12H,1-2,13-16H2. The Morgan fingerprint density at radius 3 is 0.809 bits per heavy atom. The maximum absolute atomic E-state index is 12.8. The van der Waals surface area contributed by atoms with Gasteiger partial charge in [0.2, 0.25) is 9.84 Å². The fraction of sp³-hybridized carbons (Fsp3) is 0.182. The second-order valence-electron chi connectivity index (χ2n) is 16.9. The maximum atomic E-state index is 12.8. The molecule has 0 aliphatic heterocycles. The zero-order valence-electron chi connectivity index (χ0n) is 48.4. The van der Waals surface area contributed by atoms with Crippen molar-refractivity contribution in [3.63, 3.8) is 0 Å². The average molecular weight is 1510 g/mol. The van der Waals surface area contributed by atoms with Crippen LogP contribution in [0.1, 0.15) is 0 Å². The van der Waals surface area contributed by atoms with E-state index in [0.29, 0.717) is 79.4 Å². The van der Waals surface area contributed by atoms with Gasteiger partial charge in [0, 0.05) is 76.7 Å². The van der Waals surface area contributed by atoms with Gasteiger partial charge >= 0.3 is 215 Å². The molecule has 23 heteroatoms. The summed E-state index contributed by atoms with van der Waals surface area (Å²) in [4.78, 5) is 72.7. The van der Waals surface area contributed by atoms with E-state index in [0.717, 1.165) is 52.2 Å². The molecule has 6 rings (SSSR count). The summed E-state index contributed by atoms with van der Waals surface area (Å²) >= 11 is 8.77. The third kappa shape index (κ3) is 31.9. The van der Waals surface area contributed by atoms with Crippen LogP contribution in [0.2, 0.25) is 10.6 Å². The van der Waals surface area contributed by atoms with Crippen LogP contribution in [0.4, 0.5) is 0 Å². The van der Waals surface area contributed by atoms with E-state index in [4.69, 9.17) is 28.4 Å². The molecular formula is C66H66O14S6Se3. The first kappa shape index (κ1) is 75.3. The van der Waals surface area contributed by atoms with E-state index < -0.39 is 33.7 Å². The molecule has 0 heterocycles. The van der Waals surface area contributed by atoms with Crippen molar-refractivity contribution in [3.8, 4) is 0 Å². The van der Waals surface area contributed by atoms with Gasteiger partial charge in [-0.3, -0.25) is 0 Å². The van der Waals surface area contributed by atoms with Crippen LogP contribution in [-0.2, 0) is 67.0 Å². The molecule has 0 aliphatic carbocycles. The van der Waals surface area contributed by atoms with Gasteiger partial charge in [-0.2, -0.15) is 0 Å². The number of esters is 6. The van der Waals surface area contributed by atoms with Gasteiger partial charge in [0.05, 0.1) is 9.79 Å². The fourth-order valence-corrected chi connectivity index (χ4v) is 16.2. The first-order valence-corrected chi connectivity index (χ1v) is 38.9. The Morgan fingerprint density at radius 2 is 0.551 bits per heavy atom. The number of thioether (sulfide) groups is 4. The normalized spacial score (nSPS) is 10.4. The molecule has 6 aromatic rings. The summed E-state index contributed by atoms with van der Waals surface area (Å²) in [6, 6.07) is 47.2. The summed E-state index contributed by atoms with van der Waals surface area (Å²) in [7, 11) is -3.63. The number of carbonyl (C=O) groups is 6. The van der Waals surface area contributed by atoms with Crippen LogP contribution < -0.4 is 17.8 Å². The van der Waals surface area contributed by atoms with E-state index >= 15 is 0 Å². The first-order valence-electron chi connectivity index (χ1n) is 26.8. The van der Waals surface area contributed by atoms with Crippen LogP contribution in [-0.4, -0.2) is 152 Å². The van der Waals surface area contributed by atoms with Crippen LogP contribution in [0, 0.1) is 0 Å². The summed E-state index contributed by atoms with van der Waals surface area (Å²) in [5.74, 6) is 0.0795. The average Bonchev–Trinajstić information content (AvgIpc) is 1.27. The van der Waals surface area contributed by atoms with Crippen LogP contribution in [0.5, 0.6) is 0 Å². The van der Waals surface area contributed by atoms with Crippen molar-refractivity contribution < 1.29 is 65.6 Å². The molecule has 0 amide bonds. The van der Waals surface area contributed by atoms with Crippen molar-refractivity contribution >= 4 is 167 Å². The molecule has 468 valence electrons. The molecule has 89 heavy (non-hydrogen) atoms. The molecule has 0 aliphatic rings. The zero-order chi connectivity index (χ0) is 64.5.